The van der Waals surface area contributed by atoms with Crippen molar-refractivity contribution in [3.63, 3.8) is 0 Å². The summed E-state index contributed by atoms with van der Waals surface area (Å²) in [6, 6.07) is 8.73. The Kier molecular flexibility index (Phi) is 3.91. The van der Waals surface area contributed by atoms with Crippen molar-refractivity contribution in [3.05, 3.63) is 35.2 Å². The number of alkyl halides is 1. The fourth-order valence-corrected chi connectivity index (χ4v) is 4.59. The maximum atomic E-state index is 6.22. The van der Waals surface area contributed by atoms with Crippen molar-refractivity contribution < 1.29 is 0 Å². The molecule has 0 N–H and O–H groups in total. The average molecular weight is 279 g/mol. The van der Waals surface area contributed by atoms with Gasteiger partial charge in [0.15, 0.2) is 0 Å². The standard InChI is InChI=1S/C16H19ClS/c17-10-13(12-5-1-2-6-12)9-14-11-18-16-8-4-3-7-15(14)16/h3-4,7-8,11-13H,1-2,5-6,9-10H2. The Morgan fingerprint density at radius 3 is 2.78 bits per heavy atom. The maximum absolute atomic E-state index is 6.22. The number of benzene rings is 1. The van der Waals surface area contributed by atoms with E-state index in [1.807, 2.05) is 11.3 Å². The lowest BCUT2D eigenvalue weighted by molar-refractivity contribution is 0.370. The highest BCUT2D eigenvalue weighted by Crippen LogP contribution is 2.36. The number of thiophene rings is 1. The fourth-order valence-electron chi connectivity index (χ4n) is 3.25. The zero-order valence-corrected chi connectivity index (χ0v) is 12.1. The van der Waals surface area contributed by atoms with E-state index in [4.69, 9.17) is 11.6 Å². The molecule has 3 rings (SSSR count). The first-order valence-electron chi connectivity index (χ1n) is 6.89. The van der Waals surface area contributed by atoms with Crippen LogP contribution in [-0.4, -0.2) is 5.88 Å². The van der Waals surface area contributed by atoms with Gasteiger partial charge >= 0.3 is 0 Å². The summed E-state index contributed by atoms with van der Waals surface area (Å²) < 4.78 is 1.41. The number of hydrogen-bond donors (Lipinski definition) is 0. The summed E-state index contributed by atoms with van der Waals surface area (Å²) in [5, 5.41) is 3.77. The molecule has 1 fully saturated rings. The lowest BCUT2D eigenvalue weighted by atomic mass is 9.87. The molecule has 1 unspecified atom stereocenters. The Morgan fingerprint density at radius 2 is 2.00 bits per heavy atom. The number of fused-ring (bicyclic) bond motifs is 1. The molecule has 2 heteroatoms. The molecule has 1 saturated carbocycles. The molecule has 1 aliphatic carbocycles. The van der Waals surface area contributed by atoms with Gasteiger partial charge in [-0.05, 0) is 40.7 Å². The van der Waals surface area contributed by atoms with Gasteiger partial charge in [0.05, 0.1) is 0 Å². The number of rotatable bonds is 4. The maximum Gasteiger partial charge on any atom is 0.0345 e. The predicted molar refractivity (Wildman–Crippen MR) is 81.7 cm³/mol. The van der Waals surface area contributed by atoms with Crippen LogP contribution in [0, 0.1) is 11.8 Å². The van der Waals surface area contributed by atoms with Gasteiger partial charge in [-0.1, -0.05) is 43.9 Å². The first-order valence-corrected chi connectivity index (χ1v) is 8.31. The topological polar surface area (TPSA) is 0 Å². The van der Waals surface area contributed by atoms with E-state index in [2.05, 4.69) is 29.6 Å². The van der Waals surface area contributed by atoms with Gasteiger partial charge in [-0.2, -0.15) is 0 Å². The van der Waals surface area contributed by atoms with Crippen molar-refractivity contribution >= 4 is 33.0 Å². The van der Waals surface area contributed by atoms with Gasteiger partial charge in [0.1, 0.15) is 0 Å². The van der Waals surface area contributed by atoms with E-state index in [9.17, 15) is 0 Å². The highest BCUT2D eigenvalue weighted by atomic mass is 35.5. The van der Waals surface area contributed by atoms with Gasteiger partial charge in [-0.25, -0.2) is 0 Å². The van der Waals surface area contributed by atoms with Crippen molar-refractivity contribution in [2.24, 2.45) is 11.8 Å². The molecular weight excluding hydrogens is 260 g/mol. The number of halogens is 1. The molecule has 1 aliphatic rings. The van der Waals surface area contributed by atoms with Gasteiger partial charge < -0.3 is 0 Å². The van der Waals surface area contributed by atoms with Gasteiger partial charge in [-0.15, -0.1) is 22.9 Å². The molecule has 2 aromatic rings. The minimum Gasteiger partial charge on any atom is -0.144 e. The Balaban J connectivity index is 1.81. The van der Waals surface area contributed by atoms with Crippen LogP contribution in [-0.2, 0) is 6.42 Å². The van der Waals surface area contributed by atoms with E-state index < -0.39 is 0 Å². The van der Waals surface area contributed by atoms with Crippen molar-refractivity contribution in [3.8, 4) is 0 Å². The molecule has 0 nitrogen and oxygen atoms in total. The normalized spacial score (nSPS) is 18.5. The van der Waals surface area contributed by atoms with Crippen LogP contribution in [0.1, 0.15) is 31.2 Å². The largest absolute Gasteiger partial charge is 0.144 e. The van der Waals surface area contributed by atoms with Crippen molar-refractivity contribution in [2.45, 2.75) is 32.1 Å². The quantitative estimate of drug-likeness (QED) is 0.649. The van der Waals surface area contributed by atoms with Crippen LogP contribution in [0.5, 0.6) is 0 Å². The van der Waals surface area contributed by atoms with Gasteiger partial charge in [0.25, 0.3) is 0 Å². The van der Waals surface area contributed by atoms with E-state index >= 15 is 0 Å². The zero-order valence-electron chi connectivity index (χ0n) is 10.6. The van der Waals surface area contributed by atoms with E-state index in [0.29, 0.717) is 5.92 Å². The highest BCUT2D eigenvalue weighted by molar-refractivity contribution is 7.17. The predicted octanol–water partition coefficient (Wildman–Crippen LogP) is 5.49. The Morgan fingerprint density at radius 1 is 1.22 bits per heavy atom. The second-order valence-electron chi connectivity index (χ2n) is 5.42. The molecule has 96 valence electrons. The molecule has 1 aromatic carbocycles. The summed E-state index contributed by atoms with van der Waals surface area (Å²) in [4.78, 5) is 0. The summed E-state index contributed by atoms with van der Waals surface area (Å²) in [5.41, 5.74) is 1.51. The van der Waals surface area contributed by atoms with Gasteiger partial charge in [0.2, 0.25) is 0 Å². The molecule has 0 bridgehead atoms. The van der Waals surface area contributed by atoms with Gasteiger partial charge in [-0.3, -0.25) is 0 Å². The third kappa shape index (κ3) is 2.44. The van der Waals surface area contributed by atoms with Crippen LogP contribution in [0.2, 0.25) is 0 Å². The second-order valence-corrected chi connectivity index (χ2v) is 6.64. The molecule has 0 spiro atoms. The minimum atomic E-state index is 0.673. The molecule has 1 heterocycles. The molecule has 18 heavy (non-hydrogen) atoms. The van der Waals surface area contributed by atoms with Crippen LogP contribution < -0.4 is 0 Å². The minimum absolute atomic E-state index is 0.673. The smallest absolute Gasteiger partial charge is 0.0345 e. The van der Waals surface area contributed by atoms with Crippen molar-refractivity contribution in [1.29, 1.82) is 0 Å². The Bertz CT molecular complexity index is 511. The van der Waals surface area contributed by atoms with Crippen LogP contribution in [0.3, 0.4) is 0 Å². The third-order valence-corrected chi connectivity index (χ3v) is 5.72. The van der Waals surface area contributed by atoms with E-state index in [-0.39, 0.29) is 0 Å². The highest BCUT2D eigenvalue weighted by Gasteiger charge is 2.25. The second kappa shape index (κ2) is 5.63. The number of hydrogen-bond acceptors (Lipinski definition) is 1. The van der Waals surface area contributed by atoms with Crippen LogP contribution in [0.4, 0.5) is 0 Å². The Labute approximate surface area is 118 Å². The lowest BCUT2D eigenvalue weighted by Gasteiger charge is -2.20. The summed E-state index contributed by atoms with van der Waals surface area (Å²) in [5.74, 6) is 2.35. The molecule has 1 atom stereocenters. The molecule has 0 saturated heterocycles. The zero-order chi connectivity index (χ0) is 12.4. The fraction of sp³-hybridized carbons (Fsp3) is 0.500. The van der Waals surface area contributed by atoms with Crippen LogP contribution in [0.25, 0.3) is 10.1 Å². The Hall–Kier alpha value is -0.530. The average Bonchev–Trinajstić information content (AvgIpc) is 3.06. The molecule has 0 amide bonds. The summed E-state index contributed by atoms with van der Waals surface area (Å²) in [6.07, 6.45) is 6.75. The molecule has 0 radical (unpaired) electrons. The first-order chi connectivity index (χ1) is 8.88. The van der Waals surface area contributed by atoms with Crippen molar-refractivity contribution in [2.75, 3.05) is 5.88 Å². The van der Waals surface area contributed by atoms with Crippen molar-refractivity contribution in [1.82, 2.24) is 0 Å². The molecule has 0 aliphatic heterocycles. The summed E-state index contributed by atoms with van der Waals surface area (Å²) in [7, 11) is 0. The summed E-state index contributed by atoms with van der Waals surface area (Å²) >= 11 is 8.08. The van der Waals surface area contributed by atoms with Crippen LogP contribution >= 0.6 is 22.9 Å². The van der Waals surface area contributed by atoms with E-state index in [1.165, 1.54) is 41.3 Å². The first kappa shape index (κ1) is 12.5. The SMILES string of the molecule is ClCC(Cc1csc2ccccc12)C1CCCC1. The lowest BCUT2D eigenvalue weighted by Crippen LogP contribution is -2.16. The van der Waals surface area contributed by atoms with E-state index in [1.54, 1.807) is 0 Å². The molecule has 1 aromatic heterocycles. The monoisotopic (exact) mass is 278 g/mol. The molecular formula is C16H19ClS. The van der Waals surface area contributed by atoms with Crippen LogP contribution in [0.15, 0.2) is 29.6 Å². The third-order valence-electron chi connectivity index (χ3n) is 4.31. The van der Waals surface area contributed by atoms with E-state index in [0.717, 1.165) is 18.2 Å². The summed E-state index contributed by atoms with van der Waals surface area (Å²) in [6.45, 7) is 0. The van der Waals surface area contributed by atoms with Gasteiger partial charge in [0, 0.05) is 10.6 Å².